The summed E-state index contributed by atoms with van der Waals surface area (Å²) in [5.41, 5.74) is 2.41. The minimum absolute atomic E-state index is 0. The molecule has 2 rings (SSSR count). The van der Waals surface area contributed by atoms with Gasteiger partial charge in [0.15, 0.2) is 0 Å². The Balaban J connectivity index is 0. The average Bonchev–Trinajstić information content (AvgIpc) is 2.68. The molecule has 2 aromatic carbocycles. The summed E-state index contributed by atoms with van der Waals surface area (Å²) in [4.78, 5) is 29.5. The summed E-state index contributed by atoms with van der Waals surface area (Å²) in [7, 11) is -10.6. The van der Waals surface area contributed by atoms with Gasteiger partial charge in [0.1, 0.15) is 5.60 Å². The van der Waals surface area contributed by atoms with Crippen molar-refractivity contribution in [3.05, 3.63) is 69.8 Å². The van der Waals surface area contributed by atoms with E-state index in [1.165, 1.54) is 0 Å². The fraction of sp³-hybridized carbons (Fsp3) is 0.600. The van der Waals surface area contributed by atoms with Crippen molar-refractivity contribution in [1.29, 1.82) is 0 Å². The van der Waals surface area contributed by atoms with Crippen molar-refractivity contribution in [3.63, 3.8) is 0 Å². The van der Waals surface area contributed by atoms with Crippen LogP contribution in [-0.2, 0) is 45.2 Å². The molecule has 0 amide bonds. The van der Waals surface area contributed by atoms with Gasteiger partial charge in [-0.2, -0.15) is 4.31 Å². The Kier molecular flexibility index (Phi) is 11.8. The molecule has 1 unspecified atom stereocenters. The van der Waals surface area contributed by atoms with Gasteiger partial charge in [-0.1, -0.05) is 119 Å². The second kappa shape index (κ2) is 12.3. The van der Waals surface area contributed by atoms with Gasteiger partial charge in [-0.3, -0.25) is 4.52 Å². The van der Waals surface area contributed by atoms with E-state index < -0.39 is 32.1 Å². The van der Waals surface area contributed by atoms with E-state index >= 15 is 0 Å². The maximum Gasteiger partial charge on any atom is 2.00 e. The minimum Gasteiger partial charge on any atom is -1.00 e. The first-order valence-corrected chi connectivity index (χ1v) is 16.2. The van der Waals surface area contributed by atoms with Crippen LogP contribution in [0.25, 0.3) is 0 Å². The molecule has 0 aliphatic rings. The number of hydrogen-bond donors (Lipinski definition) is 3. The van der Waals surface area contributed by atoms with E-state index in [0.29, 0.717) is 11.1 Å². The summed E-state index contributed by atoms with van der Waals surface area (Å²) in [6.07, 6.45) is 0. The Morgan fingerprint density at radius 1 is 0.575 bits per heavy atom. The molecule has 1 atom stereocenters. The molecule has 0 bridgehead atoms. The van der Waals surface area contributed by atoms with Crippen LogP contribution in [0.1, 0.15) is 126 Å². The maximum atomic E-state index is 13.2. The Labute approximate surface area is 284 Å². The van der Waals surface area contributed by atoms with Gasteiger partial charge in [-0.15, -0.1) is 0 Å². The summed E-state index contributed by atoms with van der Waals surface area (Å²) in [6.45, 7) is 26.7. The largest absolute Gasteiger partial charge is 2.00 e. The fourth-order valence-electron chi connectivity index (χ4n) is 4.72. The second-order valence-corrected chi connectivity index (χ2v) is 17.4. The van der Waals surface area contributed by atoms with E-state index in [9.17, 15) is 23.8 Å². The summed E-state index contributed by atoms with van der Waals surface area (Å²) in [5, 5.41) is 0. The van der Waals surface area contributed by atoms with Crippen molar-refractivity contribution < 1.29 is 35.5 Å². The predicted octanol–water partition coefficient (Wildman–Crippen LogP) is 8.21. The van der Waals surface area contributed by atoms with Crippen LogP contribution in [0.4, 0.5) is 0 Å². The standard InChI is InChI=1S/C30H48O7P2.Ba.2H/c1-26(2,3)20-14-16-22(24(18-20)28(7,8)9)30(13,36-39(34,35)37-38(31,32)33)23-17-15-21(27(4,5)6)19-25(23)29(10,11)12;;;/h14-19H,1-13H3,(H,34,35)(H2,31,32,33);;;/q;+2;2*-1. The molecular formula is C30H50BaO7P2. The molecular weight excluding hydrogens is 672 g/mol. The minimum atomic E-state index is -5.34. The molecule has 0 spiro atoms. The smallest absolute Gasteiger partial charge is 1.00 e. The number of benzene rings is 2. The molecule has 0 aliphatic carbocycles. The first-order chi connectivity index (χ1) is 17.1. The van der Waals surface area contributed by atoms with Crippen LogP contribution in [0.15, 0.2) is 36.4 Å². The van der Waals surface area contributed by atoms with Crippen molar-refractivity contribution in [2.24, 2.45) is 0 Å². The Morgan fingerprint density at radius 2 is 0.900 bits per heavy atom. The molecule has 7 nitrogen and oxygen atoms in total. The molecule has 0 radical (unpaired) electrons. The Bertz CT molecular complexity index is 1240. The van der Waals surface area contributed by atoms with Crippen LogP contribution >= 0.6 is 15.6 Å². The van der Waals surface area contributed by atoms with E-state index in [1.807, 2.05) is 24.3 Å². The topological polar surface area (TPSA) is 113 Å². The third-order valence-electron chi connectivity index (χ3n) is 6.92. The van der Waals surface area contributed by atoms with Gasteiger partial charge in [0.05, 0.1) is 0 Å². The third kappa shape index (κ3) is 9.64. The molecule has 0 saturated carbocycles. The van der Waals surface area contributed by atoms with Crippen LogP contribution in [0.2, 0.25) is 0 Å². The Hall–Kier alpha value is 0.271. The first kappa shape index (κ1) is 38.3. The normalized spacial score (nSPS) is 15.4. The average molecular weight is 722 g/mol. The van der Waals surface area contributed by atoms with Crippen molar-refractivity contribution >= 4 is 64.5 Å². The van der Waals surface area contributed by atoms with E-state index in [-0.39, 0.29) is 62.6 Å². The zero-order valence-corrected chi connectivity index (χ0v) is 32.8. The summed E-state index contributed by atoms with van der Waals surface area (Å²) < 4.78 is 35.0. The molecule has 0 fully saturated rings. The third-order valence-corrected chi connectivity index (χ3v) is 9.19. The van der Waals surface area contributed by atoms with Crippen LogP contribution in [-0.4, -0.2) is 63.6 Å². The van der Waals surface area contributed by atoms with Crippen molar-refractivity contribution in [1.82, 2.24) is 0 Å². The molecule has 0 saturated heterocycles. The summed E-state index contributed by atoms with van der Waals surface area (Å²) in [6, 6.07) is 11.9. The van der Waals surface area contributed by atoms with E-state index in [0.717, 1.165) is 22.3 Å². The molecule has 0 aromatic heterocycles. The van der Waals surface area contributed by atoms with E-state index in [2.05, 4.69) is 99.5 Å². The molecule has 0 aliphatic heterocycles. The zero-order chi connectivity index (χ0) is 30.6. The summed E-state index contributed by atoms with van der Waals surface area (Å²) in [5.74, 6) is 0. The first-order valence-electron chi connectivity index (χ1n) is 13.2. The molecule has 10 heteroatoms. The van der Waals surface area contributed by atoms with Crippen molar-refractivity contribution in [3.8, 4) is 0 Å². The van der Waals surface area contributed by atoms with E-state index in [4.69, 9.17) is 4.52 Å². The van der Waals surface area contributed by atoms with Gasteiger partial charge in [-0.25, -0.2) is 9.13 Å². The molecule has 40 heavy (non-hydrogen) atoms. The molecule has 224 valence electrons. The quantitative estimate of drug-likeness (QED) is 0.204. The molecule has 3 N–H and O–H groups in total. The predicted molar refractivity (Wildman–Crippen MR) is 166 cm³/mol. The van der Waals surface area contributed by atoms with Crippen LogP contribution in [0, 0.1) is 0 Å². The maximum absolute atomic E-state index is 13.2. The van der Waals surface area contributed by atoms with Gasteiger partial charge in [0, 0.05) is 0 Å². The number of phosphoric ester groups is 1. The second-order valence-electron chi connectivity index (χ2n) is 14.7. The summed E-state index contributed by atoms with van der Waals surface area (Å²) >= 11 is 0. The van der Waals surface area contributed by atoms with Crippen LogP contribution in [0.3, 0.4) is 0 Å². The Morgan fingerprint density at radius 3 is 1.15 bits per heavy atom. The zero-order valence-electron chi connectivity index (χ0n) is 28.5. The number of phosphoric acid groups is 2. The van der Waals surface area contributed by atoms with Crippen LogP contribution < -0.4 is 0 Å². The SMILES string of the molecule is CC(C)(C)c1ccc(C(C)(OP(=O)(O)OP(=O)(O)O)c2ccc(C(C)(C)C)cc2C(C)(C)C)c(C(C)(C)C)c1.[Ba+2].[H-].[H-]. The van der Waals surface area contributed by atoms with E-state index in [1.54, 1.807) is 6.92 Å². The van der Waals surface area contributed by atoms with Crippen molar-refractivity contribution in [2.75, 3.05) is 0 Å². The van der Waals surface area contributed by atoms with Gasteiger partial charge in [0.2, 0.25) is 0 Å². The van der Waals surface area contributed by atoms with Gasteiger partial charge in [0.25, 0.3) is 0 Å². The van der Waals surface area contributed by atoms with Gasteiger partial charge in [-0.05, 0) is 62.0 Å². The number of hydrogen-bond acceptors (Lipinski definition) is 4. The monoisotopic (exact) mass is 722 g/mol. The fourth-order valence-corrected chi connectivity index (χ4v) is 6.59. The molecule has 0 heterocycles. The van der Waals surface area contributed by atoms with Gasteiger partial charge < -0.3 is 17.5 Å². The van der Waals surface area contributed by atoms with Crippen molar-refractivity contribution in [2.45, 2.75) is 117 Å². The molecule has 2 aromatic rings. The number of rotatable bonds is 6. The van der Waals surface area contributed by atoms with Crippen LogP contribution in [0.5, 0.6) is 0 Å². The van der Waals surface area contributed by atoms with Gasteiger partial charge >= 0.3 is 64.5 Å².